The van der Waals surface area contributed by atoms with Crippen molar-refractivity contribution in [2.75, 3.05) is 26.2 Å². The summed E-state index contributed by atoms with van der Waals surface area (Å²) in [6, 6.07) is 18.3. The fraction of sp³-hybridized carbons (Fsp3) is 0.250. The zero-order valence-corrected chi connectivity index (χ0v) is 16.3. The summed E-state index contributed by atoms with van der Waals surface area (Å²) in [4.78, 5) is 2.42. The van der Waals surface area contributed by atoms with Crippen LogP contribution in [0.2, 0.25) is 5.02 Å². The monoisotopic (exact) mass is 417 g/mol. The molecule has 130 valence electrons. The highest BCUT2D eigenvalue weighted by molar-refractivity contribution is 9.12. The lowest BCUT2D eigenvalue weighted by Crippen LogP contribution is -2.43. The highest BCUT2D eigenvalue weighted by Crippen LogP contribution is 2.18. The highest BCUT2D eigenvalue weighted by atomic mass is 79.9. The summed E-state index contributed by atoms with van der Waals surface area (Å²) in [6.45, 7) is 4.72. The Morgan fingerprint density at radius 3 is 2.40 bits per heavy atom. The van der Waals surface area contributed by atoms with E-state index in [1.54, 1.807) is 0 Å². The smallest absolute Gasteiger partial charge is 0.0612 e. The fourth-order valence-electron chi connectivity index (χ4n) is 2.76. The number of allylic oxidation sites excluding steroid dienone is 1. The number of nitrogens with zero attached hydrogens (tertiary/aromatic N) is 3. The molecule has 0 bridgehead atoms. The van der Waals surface area contributed by atoms with E-state index >= 15 is 0 Å². The number of hydrazone groups is 1. The molecule has 5 heteroatoms. The predicted molar refractivity (Wildman–Crippen MR) is 110 cm³/mol. The summed E-state index contributed by atoms with van der Waals surface area (Å²) in [5.41, 5.74) is 2.35. The van der Waals surface area contributed by atoms with Crippen molar-refractivity contribution in [1.82, 2.24) is 9.91 Å². The van der Waals surface area contributed by atoms with E-state index in [1.807, 2.05) is 42.6 Å². The van der Waals surface area contributed by atoms with E-state index in [2.05, 4.69) is 55.2 Å². The van der Waals surface area contributed by atoms with Gasteiger partial charge >= 0.3 is 0 Å². The zero-order valence-electron chi connectivity index (χ0n) is 14.0. The second-order valence-corrected chi connectivity index (χ2v) is 7.33. The van der Waals surface area contributed by atoms with Crippen molar-refractivity contribution in [2.45, 2.75) is 6.54 Å². The molecule has 0 aromatic heterocycles. The maximum absolute atomic E-state index is 6.25. The molecule has 1 aliphatic heterocycles. The normalized spacial score (nSPS) is 16.6. The molecule has 2 aromatic carbocycles. The number of hydrogen-bond donors (Lipinski definition) is 0. The lowest BCUT2D eigenvalue weighted by atomic mass is 10.2. The first kappa shape index (κ1) is 18.2. The molecule has 1 heterocycles. The van der Waals surface area contributed by atoms with Crippen LogP contribution in [0.5, 0.6) is 0 Å². The van der Waals surface area contributed by atoms with Crippen LogP contribution in [-0.2, 0) is 6.54 Å². The van der Waals surface area contributed by atoms with E-state index in [4.69, 9.17) is 11.6 Å². The zero-order chi connectivity index (χ0) is 17.5. The van der Waals surface area contributed by atoms with E-state index in [9.17, 15) is 0 Å². The molecule has 0 spiro atoms. The van der Waals surface area contributed by atoms with Crippen LogP contribution in [0.3, 0.4) is 0 Å². The summed E-state index contributed by atoms with van der Waals surface area (Å²) in [5.74, 6) is 0. The lowest BCUT2D eigenvalue weighted by Gasteiger charge is -2.33. The van der Waals surface area contributed by atoms with Gasteiger partial charge in [-0.25, -0.2) is 0 Å². The van der Waals surface area contributed by atoms with Gasteiger partial charge in [-0.15, -0.1) is 0 Å². The molecule has 3 rings (SSSR count). The quantitative estimate of drug-likeness (QED) is 0.645. The second kappa shape index (κ2) is 9.18. The minimum Gasteiger partial charge on any atom is -0.295 e. The molecule has 0 saturated carbocycles. The Labute approximate surface area is 162 Å². The molecule has 0 unspecified atom stereocenters. The van der Waals surface area contributed by atoms with Crippen LogP contribution in [0.25, 0.3) is 6.08 Å². The SMILES string of the molecule is Clc1ccccc1CN1CCN(N=CC(Br)=Cc2ccccc2)CC1. The summed E-state index contributed by atoms with van der Waals surface area (Å²) in [5, 5.41) is 7.54. The molecule has 0 aliphatic carbocycles. The Morgan fingerprint density at radius 2 is 1.68 bits per heavy atom. The van der Waals surface area contributed by atoms with Crippen molar-refractivity contribution in [1.29, 1.82) is 0 Å². The van der Waals surface area contributed by atoms with Gasteiger partial charge in [0.15, 0.2) is 0 Å². The molecule has 1 saturated heterocycles. The molecule has 0 N–H and O–H groups in total. The minimum atomic E-state index is 0.845. The van der Waals surface area contributed by atoms with Crippen LogP contribution in [0.15, 0.2) is 64.2 Å². The van der Waals surface area contributed by atoms with Gasteiger partial charge in [0.25, 0.3) is 0 Å². The Kier molecular flexibility index (Phi) is 6.68. The molecule has 0 radical (unpaired) electrons. The van der Waals surface area contributed by atoms with E-state index in [0.717, 1.165) is 47.8 Å². The van der Waals surface area contributed by atoms with Gasteiger partial charge in [0, 0.05) is 42.2 Å². The molecule has 1 aliphatic rings. The van der Waals surface area contributed by atoms with E-state index in [-0.39, 0.29) is 0 Å². The molecular formula is C20H21BrClN3. The molecule has 1 fully saturated rings. The third kappa shape index (κ3) is 5.70. The standard InChI is InChI=1S/C20H21BrClN3/c21-19(14-17-6-2-1-3-7-17)15-23-25-12-10-24(11-13-25)16-18-8-4-5-9-20(18)22/h1-9,14-15H,10-13,16H2. The third-order valence-electron chi connectivity index (χ3n) is 4.15. The number of benzene rings is 2. The van der Waals surface area contributed by atoms with Crippen LogP contribution < -0.4 is 0 Å². The first-order valence-corrected chi connectivity index (χ1v) is 9.55. The van der Waals surface area contributed by atoms with Crippen molar-refractivity contribution in [3.05, 3.63) is 75.2 Å². The molecule has 3 nitrogen and oxygen atoms in total. The van der Waals surface area contributed by atoms with Gasteiger partial charge < -0.3 is 0 Å². The van der Waals surface area contributed by atoms with E-state index in [0.29, 0.717) is 0 Å². The average molecular weight is 419 g/mol. The first-order chi connectivity index (χ1) is 12.2. The first-order valence-electron chi connectivity index (χ1n) is 8.37. The largest absolute Gasteiger partial charge is 0.295 e. The molecule has 2 aromatic rings. The Hall–Kier alpha value is -1.62. The van der Waals surface area contributed by atoms with Crippen molar-refractivity contribution >= 4 is 39.8 Å². The van der Waals surface area contributed by atoms with Gasteiger partial charge in [-0.05, 0) is 39.2 Å². The van der Waals surface area contributed by atoms with Crippen molar-refractivity contribution < 1.29 is 0 Å². The Morgan fingerprint density at radius 1 is 1.00 bits per heavy atom. The van der Waals surface area contributed by atoms with Gasteiger partial charge in [-0.2, -0.15) is 5.10 Å². The van der Waals surface area contributed by atoms with Crippen LogP contribution in [0, 0.1) is 0 Å². The number of piperazine rings is 1. The van der Waals surface area contributed by atoms with Gasteiger partial charge in [0.2, 0.25) is 0 Å². The third-order valence-corrected chi connectivity index (χ3v) is 4.95. The molecule has 0 amide bonds. The van der Waals surface area contributed by atoms with Crippen molar-refractivity contribution in [2.24, 2.45) is 5.10 Å². The van der Waals surface area contributed by atoms with Crippen LogP contribution in [0.4, 0.5) is 0 Å². The lowest BCUT2D eigenvalue weighted by molar-refractivity contribution is 0.131. The van der Waals surface area contributed by atoms with E-state index in [1.165, 1.54) is 5.56 Å². The van der Waals surface area contributed by atoms with Crippen molar-refractivity contribution in [3.63, 3.8) is 0 Å². The highest BCUT2D eigenvalue weighted by Gasteiger charge is 2.16. The maximum atomic E-state index is 6.25. The average Bonchev–Trinajstić information content (AvgIpc) is 2.64. The Balaban J connectivity index is 1.49. The van der Waals surface area contributed by atoms with E-state index < -0.39 is 0 Å². The number of halogens is 2. The summed E-state index contributed by atoms with van der Waals surface area (Å²) < 4.78 is 0.970. The fourth-order valence-corrected chi connectivity index (χ4v) is 3.31. The van der Waals surface area contributed by atoms with Gasteiger partial charge in [0.05, 0.1) is 6.21 Å². The maximum Gasteiger partial charge on any atom is 0.0612 e. The topological polar surface area (TPSA) is 18.8 Å². The van der Waals surface area contributed by atoms with Crippen LogP contribution in [-0.4, -0.2) is 42.3 Å². The van der Waals surface area contributed by atoms with Crippen molar-refractivity contribution in [3.8, 4) is 0 Å². The number of hydrogen-bond acceptors (Lipinski definition) is 3. The predicted octanol–water partition coefficient (Wildman–Crippen LogP) is 4.88. The second-order valence-electron chi connectivity index (χ2n) is 6.01. The number of rotatable bonds is 5. The summed E-state index contributed by atoms with van der Waals surface area (Å²) in [6.07, 6.45) is 3.94. The molecule has 25 heavy (non-hydrogen) atoms. The van der Waals surface area contributed by atoms with Gasteiger partial charge in [-0.3, -0.25) is 9.91 Å². The summed E-state index contributed by atoms with van der Waals surface area (Å²) >= 11 is 9.82. The molecular weight excluding hydrogens is 398 g/mol. The summed E-state index contributed by atoms with van der Waals surface area (Å²) in [7, 11) is 0. The van der Waals surface area contributed by atoms with Crippen LogP contribution >= 0.6 is 27.5 Å². The van der Waals surface area contributed by atoms with Gasteiger partial charge in [0.1, 0.15) is 0 Å². The minimum absolute atomic E-state index is 0.845. The van der Waals surface area contributed by atoms with Gasteiger partial charge in [-0.1, -0.05) is 60.1 Å². The Bertz CT molecular complexity index is 738. The molecule has 0 atom stereocenters. The van der Waals surface area contributed by atoms with Crippen LogP contribution in [0.1, 0.15) is 11.1 Å².